The second kappa shape index (κ2) is 4.39. The third-order valence-electron chi connectivity index (χ3n) is 2.96. The Hall–Kier alpha value is -0.127. The van der Waals surface area contributed by atoms with Gasteiger partial charge in [0.15, 0.2) is 0 Å². The quantitative estimate of drug-likeness (QED) is 0.766. The summed E-state index contributed by atoms with van der Waals surface area (Å²) in [6.07, 6.45) is 0. The number of rotatable bonds is 5. The molecular formula is C8H16F2GeO2. The average Bonchev–Trinajstić information content (AvgIpc) is 2.08. The topological polar surface area (TPSA) is 37.3 Å². The third-order valence-corrected chi connectivity index (χ3v) is 14.7. The van der Waals surface area contributed by atoms with Crippen LogP contribution in [0.4, 0.5) is 8.78 Å². The summed E-state index contributed by atoms with van der Waals surface area (Å²) in [6.45, 7) is 5.05. The van der Waals surface area contributed by atoms with Crippen LogP contribution in [0.2, 0.25) is 15.8 Å². The number of aliphatic carboxylic acids is 1. The van der Waals surface area contributed by atoms with E-state index < -0.39 is 24.0 Å². The van der Waals surface area contributed by atoms with Crippen LogP contribution in [-0.2, 0) is 4.79 Å². The first-order valence-electron chi connectivity index (χ1n) is 4.49. The molecule has 0 amide bonds. The zero-order valence-electron chi connectivity index (χ0n) is 8.23. The molecule has 0 heterocycles. The van der Waals surface area contributed by atoms with Crippen molar-refractivity contribution >= 4 is 19.2 Å². The maximum absolute atomic E-state index is 13.4. The van der Waals surface area contributed by atoms with Crippen molar-refractivity contribution in [3.63, 3.8) is 0 Å². The number of carboxylic acid groups (broad SMARTS) is 1. The fourth-order valence-corrected chi connectivity index (χ4v) is 8.54. The van der Waals surface area contributed by atoms with Gasteiger partial charge in [-0.15, -0.1) is 0 Å². The van der Waals surface area contributed by atoms with Crippen LogP contribution in [0.25, 0.3) is 0 Å². The van der Waals surface area contributed by atoms with Crippen LogP contribution in [0.15, 0.2) is 0 Å². The second-order valence-corrected chi connectivity index (χ2v) is 14.4. The van der Waals surface area contributed by atoms with Gasteiger partial charge in [-0.1, -0.05) is 0 Å². The molecule has 5 heteroatoms. The molecule has 0 unspecified atom stereocenters. The summed E-state index contributed by atoms with van der Waals surface area (Å²) in [5.74, 6) is -1.93. The normalized spacial score (nSPS) is 13.0. The molecule has 0 aromatic heterocycles. The fourth-order valence-electron chi connectivity index (χ4n) is 1.64. The van der Waals surface area contributed by atoms with E-state index in [1.54, 1.807) is 20.8 Å². The van der Waals surface area contributed by atoms with Gasteiger partial charge in [0.05, 0.1) is 0 Å². The van der Waals surface area contributed by atoms with Gasteiger partial charge in [0.1, 0.15) is 0 Å². The standard InChI is InChI=1S/C8H16F2GeO2/c1-4-11(5-2,6-3)8(9,10)7(12)13/h4-6H2,1-3H3,(H,12,13). The first kappa shape index (κ1) is 12.9. The van der Waals surface area contributed by atoms with Gasteiger partial charge < -0.3 is 0 Å². The molecular weight excluding hydrogens is 239 g/mol. The first-order chi connectivity index (χ1) is 5.88. The molecule has 0 radical (unpaired) electrons. The van der Waals surface area contributed by atoms with Crippen LogP contribution >= 0.6 is 0 Å². The van der Waals surface area contributed by atoms with Crippen molar-refractivity contribution in [3.8, 4) is 0 Å². The van der Waals surface area contributed by atoms with Crippen LogP contribution in [0.1, 0.15) is 20.8 Å². The van der Waals surface area contributed by atoms with Crippen molar-refractivity contribution in [2.45, 2.75) is 41.3 Å². The predicted octanol–water partition coefficient (Wildman–Crippen LogP) is 2.75. The van der Waals surface area contributed by atoms with Crippen molar-refractivity contribution in [2.75, 3.05) is 0 Å². The molecule has 13 heavy (non-hydrogen) atoms. The second-order valence-electron chi connectivity index (χ2n) is 3.22. The molecule has 78 valence electrons. The number of carbonyl (C=O) groups is 1. The number of carboxylic acids is 1. The van der Waals surface area contributed by atoms with E-state index in [1.165, 1.54) is 0 Å². The van der Waals surface area contributed by atoms with Gasteiger partial charge in [0, 0.05) is 0 Å². The van der Waals surface area contributed by atoms with E-state index in [4.69, 9.17) is 5.11 Å². The Balaban J connectivity index is 5.02. The summed E-state index contributed by atoms with van der Waals surface area (Å²) in [6, 6.07) is 0. The van der Waals surface area contributed by atoms with E-state index in [2.05, 4.69) is 0 Å². The summed E-state index contributed by atoms with van der Waals surface area (Å²) in [4.78, 5) is 10.4. The van der Waals surface area contributed by atoms with Crippen molar-refractivity contribution in [1.82, 2.24) is 0 Å². The number of hydrogen-bond donors (Lipinski definition) is 1. The average molecular weight is 255 g/mol. The van der Waals surface area contributed by atoms with Crippen molar-refractivity contribution in [1.29, 1.82) is 0 Å². The SMILES string of the molecule is C[CH2][Ge]([CH2]C)([CH2]C)[C](F)(F)C(=O)O. The monoisotopic (exact) mass is 256 g/mol. The molecule has 0 aromatic rings. The summed E-state index contributed by atoms with van der Waals surface area (Å²) in [7, 11) is 0. The molecule has 1 N–H and O–H groups in total. The molecule has 0 aliphatic heterocycles. The molecule has 0 saturated carbocycles. The minimum absolute atomic E-state index is 0.367. The summed E-state index contributed by atoms with van der Waals surface area (Å²) in [5, 5.41) is 9.57. The molecule has 0 aliphatic carbocycles. The Kier molecular flexibility index (Phi) is 4.35. The van der Waals surface area contributed by atoms with Gasteiger partial charge in [-0.2, -0.15) is 0 Å². The van der Waals surface area contributed by atoms with Gasteiger partial charge in [0.2, 0.25) is 0 Å². The van der Waals surface area contributed by atoms with E-state index in [0.717, 1.165) is 0 Å². The van der Waals surface area contributed by atoms with Gasteiger partial charge in [0.25, 0.3) is 0 Å². The molecule has 0 spiro atoms. The van der Waals surface area contributed by atoms with Gasteiger partial charge in [-0.05, 0) is 0 Å². The van der Waals surface area contributed by atoms with Crippen LogP contribution in [0, 0.1) is 0 Å². The fraction of sp³-hybridized carbons (Fsp3) is 0.875. The summed E-state index contributed by atoms with van der Waals surface area (Å²) < 4.78 is 23.3. The first-order valence-corrected chi connectivity index (χ1v) is 9.99. The van der Waals surface area contributed by atoms with Gasteiger partial charge >= 0.3 is 79.2 Å². The van der Waals surface area contributed by atoms with E-state index in [9.17, 15) is 13.6 Å². The Morgan fingerprint density at radius 1 is 1.23 bits per heavy atom. The molecule has 0 atom stereocenters. The summed E-state index contributed by atoms with van der Waals surface area (Å²) in [5.41, 5.74) is 0. The van der Waals surface area contributed by atoms with E-state index in [0.29, 0.717) is 15.8 Å². The molecule has 0 bridgehead atoms. The Morgan fingerprint density at radius 2 is 1.54 bits per heavy atom. The van der Waals surface area contributed by atoms with Gasteiger partial charge in [-0.25, -0.2) is 0 Å². The van der Waals surface area contributed by atoms with Crippen LogP contribution in [0.5, 0.6) is 0 Å². The van der Waals surface area contributed by atoms with E-state index in [1.807, 2.05) is 0 Å². The predicted molar refractivity (Wildman–Crippen MR) is 49.8 cm³/mol. The van der Waals surface area contributed by atoms with Crippen LogP contribution in [-0.4, -0.2) is 29.1 Å². The van der Waals surface area contributed by atoms with Crippen molar-refractivity contribution < 1.29 is 18.7 Å². The molecule has 2 nitrogen and oxygen atoms in total. The Labute approximate surface area is 79.7 Å². The number of hydrogen-bond acceptors (Lipinski definition) is 1. The van der Waals surface area contributed by atoms with Gasteiger partial charge in [-0.3, -0.25) is 0 Å². The molecule has 0 rings (SSSR count). The van der Waals surface area contributed by atoms with Crippen LogP contribution < -0.4 is 0 Å². The molecule has 0 aromatic carbocycles. The maximum atomic E-state index is 13.4. The summed E-state index contributed by atoms with van der Waals surface area (Å²) >= 11 is -3.48. The van der Waals surface area contributed by atoms with Crippen molar-refractivity contribution in [2.24, 2.45) is 0 Å². The van der Waals surface area contributed by atoms with E-state index in [-0.39, 0.29) is 0 Å². The van der Waals surface area contributed by atoms with E-state index >= 15 is 0 Å². The molecule has 0 fully saturated rings. The minimum atomic E-state index is -3.48. The zero-order chi connectivity index (χ0) is 10.7. The Bertz CT molecular complexity index is 182. The van der Waals surface area contributed by atoms with Crippen LogP contribution in [0.3, 0.4) is 0 Å². The molecule has 0 saturated heterocycles. The molecule has 0 aliphatic rings. The Morgan fingerprint density at radius 3 is 1.62 bits per heavy atom. The van der Waals surface area contributed by atoms with Crippen molar-refractivity contribution in [3.05, 3.63) is 0 Å². The third kappa shape index (κ3) is 2.03. The number of alkyl halides is 2. The zero-order valence-corrected chi connectivity index (χ0v) is 10.3. The number of halogens is 2.